The van der Waals surface area contributed by atoms with Crippen LogP contribution >= 0.6 is 15.9 Å². The Labute approximate surface area is 149 Å². The van der Waals surface area contributed by atoms with Crippen LogP contribution in [0.15, 0.2) is 22.7 Å². The van der Waals surface area contributed by atoms with E-state index in [1.54, 1.807) is 11.8 Å². The smallest absolute Gasteiger partial charge is 0.310 e. The number of H-pyrrole nitrogens is 1. The molecule has 128 valence electrons. The number of carbonyl (C=O) groups excluding carboxylic acids is 2. The number of aromatic nitrogens is 1. The second-order valence-corrected chi connectivity index (χ2v) is 7.07. The zero-order valence-corrected chi connectivity index (χ0v) is 15.5. The van der Waals surface area contributed by atoms with Gasteiger partial charge >= 0.3 is 5.97 Å². The van der Waals surface area contributed by atoms with Gasteiger partial charge in [-0.15, -0.1) is 0 Å². The number of fused-ring (bicyclic) bond motifs is 1. The largest absolute Gasteiger partial charge is 0.466 e. The molecule has 1 N–H and O–H groups in total. The van der Waals surface area contributed by atoms with Crippen LogP contribution in [-0.4, -0.2) is 41.5 Å². The SMILES string of the molecule is CCOC(=O)[C@@H]1CCCN(C(=O)c2[nH]c3ccc(Br)cc3c2C)C1. The molecule has 1 saturated heterocycles. The molecule has 6 heteroatoms. The summed E-state index contributed by atoms with van der Waals surface area (Å²) in [6.07, 6.45) is 1.60. The molecule has 1 atom stereocenters. The molecule has 1 aromatic carbocycles. The van der Waals surface area contributed by atoms with Gasteiger partial charge in [-0.05, 0) is 50.5 Å². The monoisotopic (exact) mass is 392 g/mol. The van der Waals surface area contributed by atoms with Crippen molar-refractivity contribution in [3.63, 3.8) is 0 Å². The van der Waals surface area contributed by atoms with Crippen LogP contribution in [0.2, 0.25) is 0 Å². The molecule has 24 heavy (non-hydrogen) atoms. The van der Waals surface area contributed by atoms with Crippen LogP contribution in [0.4, 0.5) is 0 Å². The minimum Gasteiger partial charge on any atom is -0.466 e. The van der Waals surface area contributed by atoms with Crippen LogP contribution in [0.5, 0.6) is 0 Å². The zero-order valence-electron chi connectivity index (χ0n) is 13.9. The van der Waals surface area contributed by atoms with Gasteiger partial charge in [0.1, 0.15) is 5.69 Å². The van der Waals surface area contributed by atoms with Crippen LogP contribution in [-0.2, 0) is 9.53 Å². The molecule has 0 bridgehead atoms. The van der Waals surface area contributed by atoms with E-state index in [1.165, 1.54) is 0 Å². The average molecular weight is 393 g/mol. The Bertz CT molecular complexity index is 784. The maximum absolute atomic E-state index is 12.9. The molecule has 1 aliphatic rings. The number of benzene rings is 1. The molecular weight excluding hydrogens is 372 g/mol. The number of esters is 1. The van der Waals surface area contributed by atoms with Crippen molar-refractivity contribution in [1.29, 1.82) is 0 Å². The van der Waals surface area contributed by atoms with Gasteiger partial charge in [0.25, 0.3) is 5.91 Å². The molecule has 1 aliphatic heterocycles. The number of hydrogen-bond donors (Lipinski definition) is 1. The fourth-order valence-electron chi connectivity index (χ4n) is 3.28. The van der Waals surface area contributed by atoms with Gasteiger partial charge in [0.2, 0.25) is 0 Å². The van der Waals surface area contributed by atoms with E-state index in [0.29, 0.717) is 25.4 Å². The average Bonchev–Trinajstić information content (AvgIpc) is 2.91. The standard InChI is InChI=1S/C18H21BrN2O3/c1-3-24-18(23)12-5-4-8-21(10-12)17(22)16-11(2)14-9-13(19)6-7-15(14)20-16/h6-7,9,12,20H,3-5,8,10H2,1-2H3/t12-/m1/s1. The third-order valence-electron chi connectivity index (χ3n) is 4.56. The van der Waals surface area contributed by atoms with Gasteiger partial charge in [-0.25, -0.2) is 0 Å². The molecular formula is C18H21BrN2O3. The first-order valence-corrected chi connectivity index (χ1v) is 9.04. The summed E-state index contributed by atoms with van der Waals surface area (Å²) >= 11 is 3.47. The van der Waals surface area contributed by atoms with Gasteiger partial charge in [-0.2, -0.15) is 0 Å². The molecule has 0 aliphatic carbocycles. The Morgan fingerprint density at radius 2 is 2.21 bits per heavy atom. The highest BCUT2D eigenvalue weighted by Crippen LogP contribution is 2.27. The number of ether oxygens (including phenoxy) is 1. The lowest BCUT2D eigenvalue weighted by Gasteiger charge is -2.31. The van der Waals surface area contributed by atoms with E-state index in [2.05, 4.69) is 20.9 Å². The van der Waals surface area contributed by atoms with Crippen LogP contribution < -0.4 is 0 Å². The molecule has 2 aromatic rings. The van der Waals surface area contributed by atoms with Crippen LogP contribution in [0.3, 0.4) is 0 Å². The van der Waals surface area contributed by atoms with E-state index >= 15 is 0 Å². The van der Waals surface area contributed by atoms with Gasteiger partial charge < -0.3 is 14.6 Å². The summed E-state index contributed by atoms with van der Waals surface area (Å²) in [7, 11) is 0. The molecule has 0 spiro atoms. The fraction of sp³-hybridized carbons (Fsp3) is 0.444. The minimum atomic E-state index is -0.221. The maximum atomic E-state index is 12.9. The van der Waals surface area contributed by atoms with E-state index in [-0.39, 0.29) is 17.8 Å². The van der Waals surface area contributed by atoms with Crippen molar-refractivity contribution in [2.24, 2.45) is 5.92 Å². The van der Waals surface area contributed by atoms with Crippen molar-refractivity contribution < 1.29 is 14.3 Å². The lowest BCUT2D eigenvalue weighted by molar-refractivity contribution is -0.149. The van der Waals surface area contributed by atoms with Crippen molar-refractivity contribution in [3.8, 4) is 0 Å². The number of piperidine rings is 1. The number of nitrogens with one attached hydrogen (secondary N) is 1. The Morgan fingerprint density at radius 3 is 2.96 bits per heavy atom. The summed E-state index contributed by atoms with van der Waals surface area (Å²) in [5.41, 5.74) is 2.49. The van der Waals surface area contributed by atoms with Gasteiger partial charge in [0.05, 0.1) is 12.5 Å². The zero-order chi connectivity index (χ0) is 17.3. The number of hydrogen-bond acceptors (Lipinski definition) is 3. The van der Waals surface area contributed by atoms with E-state index in [4.69, 9.17) is 4.74 Å². The molecule has 1 amide bonds. The third-order valence-corrected chi connectivity index (χ3v) is 5.06. The topological polar surface area (TPSA) is 62.4 Å². The van der Waals surface area contributed by atoms with Crippen molar-refractivity contribution in [2.75, 3.05) is 19.7 Å². The second kappa shape index (κ2) is 6.97. The number of amides is 1. The van der Waals surface area contributed by atoms with E-state index < -0.39 is 0 Å². The summed E-state index contributed by atoms with van der Waals surface area (Å²) in [5, 5.41) is 1.03. The number of aromatic amines is 1. The number of nitrogens with zero attached hydrogens (tertiary/aromatic N) is 1. The van der Waals surface area contributed by atoms with Crippen LogP contribution in [0.1, 0.15) is 35.8 Å². The predicted octanol–water partition coefficient (Wildman–Crippen LogP) is 3.65. The highest BCUT2D eigenvalue weighted by Gasteiger charge is 2.31. The molecule has 0 unspecified atom stereocenters. The number of likely N-dealkylation sites (tertiary alicyclic amines) is 1. The molecule has 0 saturated carbocycles. The lowest BCUT2D eigenvalue weighted by Crippen LogP contribution is -2.43. The molecule has 1 fully saturated rings. The third kappa shape index (κ3) is 3.20. The number of carbonyl (C=O) groups is 2. The van der Waals surface area contributed by atoms with Gasteiger partial charge in [0.15, 0.2) is 0 Å². The fourth-order valence-corrected chi connectivity index (χ4v) is 3.65. The Morgan fingerprint density at radius 1 is 1.42 bits per heavy atom. The normalized spacial score (nSPS) is 18.0. The van der Waals surface area contributed by atoms with E-state index in [9.17, 15) is 9.59 Å². The summed E-state index contributed by atoms with van der Waals surface area (Å²) in [6, 6.07) is 5.92. The van der Waals surface area contributed by atoms with Crippen molar-refractivity contribution in [3.05, 3.63) is 33.9 Å². The Hall–Kier alpha value is -1.82. The maximum Gasteiger partial charge on any atom is 0.310 e. The number of aryl methyl sites for hydroxylation is 1. The lowest BCUT2D eigenvalue weighted by atomic mass is 9.97. The van der Waals surface area contributed by atoms with Crippen LogP contribution in [0, 0.1) is 12.8 Å². The first-order valence-electron chi connectivity index (χ1n) is 8.25. The quantitative estimate of drug-likeness (QED) is 0.810. The first kappa shape index (κ1) is 17.0. The van der Waals surface area contributed by atoms with Crippen molar-refractivity contribution in [1.82, 2.24) is 9.88 Å². The van der Waals surface area contributed by atoms with Crippen LogP contribution in [0.25, 0.3) is 10.9 Å². The van der Waals surface area contributed by atoms with Crippen molar-refractivity contribution >= 4 is 38.7 Å². The molecule has 1 aromatic heterocycles. The Kier molecular flexibility index (Phi) is 4.94. The molecule has 2 heterocycles. The van der Waals surface area contributed by atoms with Crippen molar-refractivity contribution in [2.45, 2.75) is 26.7 Å². The molecule has 5 nitrogen and oxygen atoms in total. The summed E-state index contributed by atoms with van der Waals surface area (Å²) in [5.74, 6) is -0.470. The van der Waals surface area contributed by atoms with Gasteiger partial charge in [-0.1, -0.05) is 15.9 Å². The number of halogens is 1. The summed E-state index contributed by atoms with van der Waals surface area (Å²) in [6.45, 7) is 5.23. The van der Waals surface area contributed by atoms with Gasteiger partial charge in [-0.3, -0.25) is 9.59 Å². The highest BCUT2D eigenvalue weighted by atomic mass is 79.9. The van der Waals surface area contributed by atoms with Gasteiger partial charge in [0, 0.05) is 28.5 Å². The summed E-state index contributed by atoms with van der Waals surface area (Å²) in [4.78, 5) is 29.9. The van der Waals surface area contributed by atoms with E-state index in [0.717, 1.165) is 33.8 Å². The minimum absolute atomic E-state index is 0.0474. The number of rotatable bonds is 3. The summed E-state index contributed by atoms with van der Waals surface area (Å²) < 4.78 is 6.09. The predicted molar refractivity (Wildman–Crippen MR) is 96.0 cm³/mol. The molecule has 3 rings (SSSR count). The highest BCUT2D eigenvalue weighted by molar-refractivity contribution is 9.10. The first-order chi connectivity index (χ1) is 11.5. The Balaban J connectivity index is 1.83. The van der Waals surface area contributed by atoms with E-state index in [1.807, 2.05) is 25.1 Å². The second-order valence-electron chi connectivity index (χ2n) is 6.16. The molecule has 0 radical (unpaired) electrons.